The zero-order valence-corrected chi connectivity index (χ0v) is 18.3. The highest BCUT2D eigenvalue weighted by Gasteiger charge is 2.17. The number of thioether (sulfide) groups is 1. The number of nitrogens with one attached hydrogen (secondary N) is 1. The van der Waals surface area contributed by atoms with Crippen LogP contribution >= 0.6 is 23.1 Å². The first-order valence-electron chi connectivity index (χ1n) is 8.80. The highest BCUT2D eigenvalue weighted by Crippen LogP contribution is 2.31. The van der Waals surface area contributed by atoms with E-state index in [0.717, 1.165) is 20.3 Å². The molecule has 0 saturated heterocycles. The minimum Gasteiger partial charge on any atom is -0.494 e. The molecule has 29 heavy (non-hydrogen) atoms. The van der Waals surface area contributed by atoms with Gasteiger partial charge < -0.3 is 9.84 Å². The minimum absolute atomic E-state index is 0.0249. The number of fused-ring (bicyclic) bond motifs is 1. The van der Waals surface area contributed by atoms with Crippen LogP contribution in [0.15, 0.2) is 45.6 Å². The van der Waals surface area contributed by atoms with Gasteiger partial charge >= 0.3 is 5.97 Å². The van der Waals surface area contributed by atoms with Crippen LogP contribution < -0.4 is 9.46 Å². The number of aryl methyl sites for hydroxylation is 1. The van der Waals surface area contributed by atoms with Crippen molar-refractivity contribution < 1.29 is 23.1 Å². The van der Waals surface area contributed by atoms with Crippen LogP contribution in [0.25, 0.3) is 10.2 Å². The van der Waals surface area contributed by atoms with Gasteiger partial charge in [-0.1, -0.05) is 17.8 Å². The first-order chi connectivity index (χ1) is 13.8. The number of sulfonamides is 1. The van der Waals surface area contributed by atoms with Gasteiger partial charge in [0.05, 0.1) is 27.3 Å². The molecule has 3 aromatic rings. The summed E-state index contributed by atoms with van der Waals surface area (Å²) >= 11 is 2.99. The summed E-state index contributed by atoms with van der Waals surface area (Å²) in [4.78, 5) is 15.7. The molecule has 2 aromatic carbocycles. The van der Waals surface area contributed by atoms with Crippen molar-refractivity contribution in [3.63, 3.8) is 0 Å². The van der Waals surface area contributed by atoms with Crippen molar-refractivity contribution in [2.24, 2.45) is 0 Å². The summed E-state index contributed by atoms with van der Waals surface area (Å²) in [6, 6.07) is 9.80. The number of carbonyl (C=O) groups is 1. The van der Waals surface area contributed by atoms with Crippen molar-refractivity contribution in [1.29, 1.82) is 0 Å². The van der Waals surface area contributed by atoms with Gasteiger partial charge in [0, 0.05) is 12.3 Å². The van der Waals surface area contributed by atoms with Crippen LogP contribution in [0.5, 0.6) is 5.75 Å². The van der Waals surface area contributed by atoms with Crippen LogP contribution in [0.2, 0.25) is 0 Å². The number of aromatic carboxylic acids is 1. The van der Waals surface area contributed by atoms with Crippen molar-refractivity contribution >= 4 is 49.3 Å². The van der Waals surface area contributed by atoms with Gasteiger partial charge in [-0.2, -0.15) is 0 Å². The number of hydrogen-bond acceptors (Lipinski definition) is 7. The Morgan fingerprint density at radius 1 is 1.28 bits per heavy atom. The molecule has 0 aliphatic rings. The van der Waals surface area contributed by atoms with E-state index < -0.39 is 16.0 Å². The minimum atomic E-state index is -3.78. The molecule has 0 radical (unpaired) electrons. The van der Waals surface area contributed by atoms with E-state index in [1.165, 1.54) is 41.3 Å². The molecule has 0 unspecified atom stereocenters. The van der Waals surface area contributed by atoms with Crippen LogP contribution in [0.1, 0.15) is 22.8 Å². The van der Waals surface area contributed by atoms with Gasteiger partial charge in [-0.3, -0.25) is 0 Å². The molecule has 1 aromatic heterocycles. The predicted molar refractivity (Wildman–Crippen MR) is 115 cm³/mol. The topological polar surface area (TPSA) is 106 Å². The fourth-order valence-electron chi connectivity index (χ4n) is 2.60. The number of nitrogens with zero attached hydrogens (tertiary/aromatic N) is 1. The van der Waals surface area contributed by atoms with Gasteiger partial charge in [-0.15, -0.1) is 11.3 Å². The molecule has 0 bridgehead atoms. The lowest BCUT2D eigenvalue weighted by molar-refractivity contribution is 0.0696. The molecule has 0 spiro atoms. The van der Waals surface area contributed by atoms with Crippen molar-refractivity contribution in [1.82, 2.24) is 9.71 Å². The third-order valence-corrected chi connectivity index (χ3v) is 7.64. The average Bonchev–Trinajstić information content (AvgIpc) is 3.07. The smallest absolute Gasteiger partial charge is 0.335 e. The maximum Gasteiger partial charge on any atom is 0.335 e. The second-order valence-corrected chi connectivity index (χ2v) is 10.2. The summed E-state index contributed by atoms with van der Waals surface area (Å²) in [5.41, 5.74) is 1.36. The molecule has 154 valence electrons. The highest BCUT2D eigenvalue weighted by atomic mass is 32.2. The zero-order chi connectivity index (χ0) is 21.0. The number of hydrogen-bond donors (Lipinski definition) is 2. The second kappa shape index (κ2) is 9.12. The fraction of sp³-hybridized carbons (Fsp3) is 0.263. The van der Waals surface area contributed by atoms with E-state index in [1.807, 2.05) is 25.1 Å². The Bertz CT molecular complexity index is 1140. The number of carboxylic acid groups (broad SMARTS) is 1. The Hall–Kier alpha value is -2.14. The van der Waals surface area contributed by atoms with Crippen molar-refractivity contribution in [2.45, 2.75) is 23.1 Å². The number of rotatable bonds is 9. The predicted octanol–water partition coefficient (Wildman–Crippen LogP) is 3.77. The van der Waals surface area contributed by atoms with Gasteiger partial charge in [-0.05, 0) is 49.7 Å². The SMILES string of the molecule is CCOc1ccc2nc(SCCNS(=O)(=O)c3ccc(C)c(C(=O)O)c3)sc2c1. The Morgan fingerprint density at radius 3 is 2.79 bits per heavy atom. The molecule has 1 heterocycles. The maximum atomic E-state index is 12.4. The van der Waals surface area contributed by atoms with Gasteiger partial charge in [-0.25, -0.2) is 22.9 Å². The van der Waals surface area contributed by atoms with Crippen LogP contribution in [-0.2, 0) is 10.0 Å². The number of ether oxygens (including phenoxy) is 1. The molecule has 0 atom stereocenters. The average molecular weight is 453 g/mol. The van der Waals surface area contributed by atoms with E-state index in [9.17, 15) is 18.3 Å². The molecule has 0 amide bonds. The van der Waals surface area contributed by atoms with Crippen molar-refractivity contribution in [2.75, 3.05) is 18.9 Å². The zero-order valence-electron chi connectivity index (χ0n) is 15.8. The van der Waals surface area contributed by atoms with Gasteiger partial charge in [0.15, 0.2) is 4.34 Å². The van der Waals surface area contributed by atoms with E-state index in [-0.39, 0.29) is 17.0 Å². The quantitative estimate of drug-likeness (QED) is 0.376. The van der Waals surface area contributed by atoms with E-state index in [0.29, 0.717) is 17.9 Å². The van der Waals surface area contributed by atoms with E-state index >= 15 is 0 Å². The van der Waals surface area contributed by atoms with Crippen molar-refractivity contribution in [3.8, 4) is 5.75 Å². The monoisotopic (exact) mass is 452 g/mol. The van der Waals surface area contributed by atoms with E-state index in [2.05, 4.69) is 9.71 Å². The second-order valence-electron chi connectivity index (χ2n) is 6.07. The standard InChI is InChI=1S/C19H20N2O5S3/c1-3-26-13-5-7-16-17(10-13)28-19(21-16)27-9-8-20-29(24,25)14-6-4-12(2)15(11-14)18(22)23/h4-7,10-11,20H,3,8-9H2,1-2H3,(H,22,23). The molecule has 2 N–H and O–H groups in total. The van der Waals surface area contributed by atoms with E-state index in [1.54, 1.807) is 6.92 Å². The lowest BCUT2D eigenvalue weighted by Gasteiger charge is -2.08. The number of benzene rings is 2. The van der Waals surface area contributed by atoms with Crippen LogP contribution in [-0.4, -0.2) is 43.4 Å². The summed E-state index contributed by atoms with van der Waals surface area (Å²) in [6.45, 7) is 4.35. The Balaban J connectivity index is 1.60. The van der Waals surface area contributed by atoms with Crippen molar-refractivity contribution in [3.05, 3.63) is 47.5 Å². The highest BCUT2D eigenvalue weighted by molar-refractivity contribution is 8.01. The summed E-state index contributed by atoms with van der Waals surface area (Å²) in [6.07, 6.45) is 0. The van der Waals surface area contributed by atoms with Crippen LogP contribution in [0.4, 0.5) is 0 Å². The summed E-state index contributed by atoms with van der Waals surface area (Å²) in [5.74, 6) is 0.139. The molecule has 0 aliphatic heterocycles. The maximum absolute atomic E-state index is 12.4. The largest absolute Gasteiger partial charge is 0.494 e. The van der Waals surface area contributed by atoms with Gasteiger partial charge in [0.2, 0.25) is 10.0 Å². The molecular formula is C19H20N2O5S3. The normalized spacial score (nSPS) is 11.7. The summed E-state index contributed by atoms with van der Waals surface area (Å²) < 4.78 is 34.7. The fourth-order valence-corrected chi connectivity index (χ4v) is 5.81. The first-order valence-corrected chi connectivity index (χ1v) is 12.1. The van der Waals surface area contributed by atoms with Gasteiger partial charge in [0.1, 0.15) is 5.75 Å². The lowest BCUT2D eigenvalue weighted by Crippen LogP contribution is -2.26. The molecular weight excluding hydrogens is 432 g/mol. The third-order valence-electron chi connectivity index (χ3n) is 4.02. The van der Waals surface area contributed by atoms with Gasteiger partial charge in [0.25, 0.3) is 0 Å². The van der Waals surface area contributed by atoms with Crippen LogP contribution in [0.3, 0.4) is 0 Å². The van der Waals surface area contributed by atoms with E-state index in [4.69, 9.17) is 4.74 Å². The summed E-state index contributed by atoms with van der Waals surface area (Å²) in [7, 11) is -3.78. The van der Waals surface area contributed by atoms with Crippen LogP contribution in [0, 0.1) is 6.92 Å². The molecule has 3 rings (SSSR count). The number of thiazole rings is 1. The number of aromatic nitrogens is 1. The lowest BCUT2D eigenvalue weighted by atomic mass is 10.1. The molecule has 0 fully saturated rings. The third kappa shape index (κ3) is 5.27. The Labute approximate surface area is 177 Å². The first kappa shape index (κ1) is 21.6. The molecule has 10 heteroatoms. The molecule has 0 aliphatic carbocycles. The Morgan fingerprint density at radius 2 is 2.07 bits per heavy atom. The Kier molecular flexibility index (Phi) is 6.78. The molecule has 0 saturated carbocycles. The summed E-state index contributed by atoms with van der Waals surface area (Å²) in [5, 5.41) is 9.17. The number of carboxylic acids is 1. The molecule has 7 nitrogen and oxygen atoms in total.